The number of rotatable bonds is 3. The monoisotopic (exact) mass is 272 g/mol. The Labute approximate surface area is 114 Å². The molecule has 1 saturated carbocycles. The summed E-state index contributed by atoms with van der Waals surface area (Å²) in [6, 6.07) is -0.0442. The van der Waals surface area contributed by atoms with E-state index in [-0.39, 0.29) is 24.4 Å². The lowest BCUT2D eigenvalue weighted by Crippen LogP contribution is -2.52. The van der Waals surface area contributed by atoms with Crippen molar-refractivity contribution >= 4 is 18.3 Å². The minimum absolute atomic E-state index is 0. The summed E-state index contributed by atoms with van der Waals surface area (Å²) in [6.07, 6.45) is 7.35. The first kappa shape index (κ1) is 15.0. The van der Waals surface area contributed by atoms with Crippen molar-refractivity contribution in [1.82, 2.24) is 15.1 Å². The summed E-state index contributed by atoms with van der Waals surface area (Å²) in [5, 5.41) is 7.07. The molecule has 3 N–H and O–H groups in total. The topological polar surface area (TPSA) is 72.9 Å². The molecule has 0 aromatic carbocycles. The smallest absolute Gasteiger partial charge is 0.240 e. The second-order valence-corrected chi connectivity index (χ2v) is 5.01. The van der Waals surface area contributed by atoms with Crippen LogP contribution in [0.4, 0.5) is 0 Å². The molecule has 1 unspecified atom stereocenters. The Bertz CT molecular complexity index is 412. The van der Waals surface area contributed by atoms with E-state index in [4.69, 9.17) is 5.73 Å². The fraction of sp³-hybridized carbons (Fsp3) is 0.667. The number of halogens is 1. The van der Waals surface area contributed by atoms with E-state index in [0.717, 1.165) is 31.2 Å². The number of carbonyl (C=O) groups is 1. The Hall–Kier alpha value is -1.07. The SMILES string of the molecule is CC(NC(=O)C1(N)CCCC1)c1cnn(C)c1.Cl. The number of carbonyl (C=O) groups excluding carboxylic acids is 1. The molecule has 0 saturated heterocycles. The maximum Gasteiger partial charge on any atom is 0.240 e. The van der Waals surface area contributed by atoms with Crippen molar-refractivity contribution in [2.24, 2.45) is 12.8 Å². The molecule has 1 aromatic heterocycles. The summed E-state index contributed by atoms with van der Waals surface area (Å²) >= 11 is 0. The van der Waals surface area contributed by atoms with E-state index in [1.165, 1.54) is 0 Å². The molecule has 102 valence electrons. The van der Waals surface area contributed by atoms with Gasteiger partial charge in [0.05, 0.1) is 17.8 Å². The number of nitrogens with two attached hydrogens (primary N) is 1. The van der Waals surface area contributed by atoms with Gasteiger partial charge < -0.3 is 11.1 Å². The van der Waals surface area contributed by atoms with Crippen LogP contribution in [0.3, 0.4) is 0 Å². The van der Waals surface area contributed by atoms with Crippen LogP contribution in [0.1, 0.15) is 44.2 Å². The van der Waals surface area contributed by atoms with Gasteiger partial charge in [-0.1, -0.05) is 12.8 Å². The number of nitrogens with one attached hydrogen (secondary N) is 1. The lowest BCUT2D eigenvalue weighted by Gasteiger charge is -2.24. The van der Waals surface area contributed by atoms with Gasteiger partial charge >= 0.3 is 0 Å². The summed E-state index contributed by atoms with van der Waals surface area (Å²) < 4.78 is 1.73. The molecule has 1 aromatic rings. The highest BCUT2D eigenvalue weighted by molar-refractivity contribution is 5.86. The maximum absolute atomic E-state index is 12.1. The Morgan fingerprint density at radius 3 is 2.67 bits per heavy atom. The van der Waals surface area contributed by atoms with E-state index in [2.05, 4.69) is 10.4 Å². The Kier molecular flexibility index (Phi) is 4.76. The van der Waals surface area contributed by atoms with Gasteiger partial charge in [-0.3, -0.25) is 9.48 Å². The third-order valence-corrected chi connectivity index (χ3v) is 3.52. The summed E-state index contributed by atoms with van der Waals surface area (Å²) in [5.41, 5.74) is 6.45. The van der Waals surface area contributed by atoms with Gasteiger partial charge in [-0.2, -0.15) is 5.10 Å². The highest BCUT2D eigenvalue weighted by Crippen LogP contribution is 2.28. The summed E-state index contributed by atoms with van der Waals surface area (Å²) in [6.45, 7) is 1.95. The molecular weight excluding hydrogens is 252 g/mol. The van der Waals surface area contributed by atoms with Crippen LogP contribution in [0.15, 0.2) is 12.4 Å². The molecule has 0 aliphatic heterocycles. The van der Waals surface area contributed by atoms with E-state index in [0.29, 0.717) is 0 Å². The molecule has 5 nitrogen and oxygen atoms in total. The number of hydrogen-bond donors (Lipinski definition) is 2. The second-order valence-electron chi connectivity index (χ2n) is 5.01. The zero-order valence-electron chi connectivity index (χ0n) is 10.8. The molecule has 1 aliphatic rings. The first-order valence-electron chi connectivity index (χ1n) is 6.10. The highest BCUT2D eigenvalue weighted by atomic mass is 35.5. The lowest BCUT2D eigenvalue weighted by molar-refractivity contribution is -0.126. The quantitative estimate of drug-likeness (QED) is 0.871. The lowest BCUT2D eigenvalue weighted by atomic mass is 9.97. The van der Waals surface area contributed by atoms with E-state index in [9.17, 15) is 4.79 Å². The molecule has 1 aliphatic carbocycles. The predicted octanol–water partition coefficient (Wildman–Crippen LogP) is 1.29. The van der Waals surface area contributed by atoms with Crippen molar-refractivity contribution in [3.8, 4) is 0 Å². The fourth-order valence-electron chi connectivity index (χ4n) is 2.32. The van der Waals surface area contributed by atoms with Crippen LogP contribution in [0, 0.1) is 0 Å². The number of nitrogens with zero attached hydrogens (tertiary/aromatic N) is 2. The number of aryl methyl sites for hydroxylation is 1. The average Bonchev–Trinajstić information content (AvgIpc) is 2.88. The Morgan fingerprint density at radius 2 is 2.17 bits per heavy atom. The molecule has 1 heterocycles. The summed E-state index contributed by atoms with van der Waals surface area (Å²) in [5.74, 6) is -0.0358. The standard InChI is InChI=1S/C12H20N4O.ClH/c1-9(10-7-14-16(2)8-10)15-11(17)12(13)5-3-4-6-12;/h7-9H,3-6,13H2,1-2H3,(H,15,17);1H. The maximum atomic E-state index is 12.1. The molecular formula is C12H21ClN4O. The summed E-state index contributed by atoms with van der Waals surface area (Å²) in [7, 11) is 1.86. The Balaban J connectivity index is 0.00000162. The zero-order chi connectivity index (χ0) is 12.5. The van der Waals surface area contributed by atoms with E-state index < -0.39 is 5.54 Å². The molecule has 0 spiro atoms. The fourth-order valence-corrected chi connectivity index (χ4v) is 2.32. The largest absolute Gasteiger partial charge is 0.348 e. The van der Waals surface area contributed by atoms with E-state index >= 15 is 0 Å². The third kappa shape index (κ3) is 3.03. The molecule has 1 atom stereocenters. The van der Waals surface area contributed by atoms with Gasteiger partial charge in [0, 0.05) is 18.8 Å². The van der Waals surface area contributed by atoms with Crippen LogP contribution >= 0.6 is 12.4 Å². The van der Waals surface area contributed by atoms with Crippen molar-refractivity contribution in [1.29, 1.82) is 0 Å². The van der Waals surface area contributed by atoms with Gasteiger partial charge in [-0.05, 0) is 19.8 Å². The van der Waals surface area contributed by atoms with Gasteiger partial charge in [0.2, 0.25) is 5.91 Å². The average molecular weight is 273 g/mol. The van der Waals surface area contributed by atoms with Crippen LogP contribution in [0.25, 0.3) is 0 Å². The normalized spacial score (nSPS) is 19.1. The van der Waals surface area contributed by atoms with Crippen molar-refractivity contribution in [2.45, 2.75) is 44.2 Å². The first-order chi connectivity index (χ1) is 8.01. The van der Waals surface area contributed by atoms with Crippen molar-refractivity contribution < 1.29 is 4.79 Å². The second kappa shape index (κ2) is 5.71. The number of amides is 1. The van der Waals surface area contributed by atoms with Gasteiger partial charge in [0.1, 0.15) is 0 Å². The minimum atomic E-state index is -0.656. The predicted molar refractivity (Wildman–Crippen MR) is 72.4 cm³/mol. The molecule has 0 bridgehead atoms. The van der Waals surface area contributed by atoms with Crippen LogP contribution in [0.5, 0.6) is 0 Å². The molecule has 1 amide bonds. The Morgan fingerprint density at radius 1 is 1.56 bits per heavy atom. The summed E-state index contributed by atoms with van der Waals surface area (Å²) in [4.78, 5) is 12.1. The van der Waals surface area contributed by atoms with Gasteiger partial charge in [0.25, 0.3) is 0 Å². The molecule has 18 heavy (non-hydrogen) atoms. The van der Waals surface area contributed by atoms with Gasteiger partial charge in [0.15, 0.2) is 0 Å². The van der Waals surface area contributed by atoms with Gasteiger partial charge in [-0.25, -0.2) is 0 Å². The van der Waals surface area contributed by atoms with E-state index in [1.807, 2.05) is 20.2 Å². The van der Waals surface area contributed by atoms with Crippen molar-refractivity contribution in [2.75, 3.05) is 0 Å². The third-order valence-electron chi connectivity index (χ3n) is 3.52. The number of aromatic nitrogens is 2. The minimum Gasteiger partial charge on any atom is -0.348 e. The van der Waals surface area contributed by atoms with Crippen LogP contribution in [-0.2, 0) is 11.8 Å². The van der Waals surface area contributed by atoms with Crippen molar-refractivity contribution in [3.63, 3.8) is 0 Å². The highest BCUT2D eigenvalue weighted by Gasteiger charge is 2.37. The number of hydrogen-bond acceptors (Lipinski definition) is 3. The molecule has 6 heteroatoms. The van der Waals surface area contributed by atoms with Crippen molar-refractivity contribution in [3.05, 3.63) is 18.0 Å². The van der Waals surface area contributed by atoms with E-state index in [1.54, 1.807) is 10.9 Å². The molecule has 2 rings (SSSR count). The molecule has 1 fully saturated rings. The van der Waals surface area contributed by atoms with Crippen LogP contribution in [0.2, 0.25) is 0 Å². The van der Waals surface area contributed by atoms with Crippen LogP contribution in [-0.4, -0.2) is 21.2 Å². The van der Waals surface area contributed by atoms with Crippen LogP contribution < -0.4 is 11.1 Å². The zero-order valence-corrected chi connectivity index (χ0v) is 11.7. The first-order valence-corrected chi connectivity index (χ1v) is 6.10. The molecule has 0 radical (unpaired) electrons. The van der Waals surface area contributed by atoms with Gasteiger partial charge in [-0.15, -0.1) is 12.4 Å².